The van der Waals surface area contributed by atoms with E-state index in [1.54, 1.807) is 35.8 Å². The number of allylic oxidation sites excluding steroid dienone is 2. The van der Waals surface area contributed by atoms with Crippen LogP contribution in [0.1, 0.15) is 66.3 Å². The van der Waals surface area contributed by atoms with Crippen molar-refractivity contribution in [2.45, 2.75) is 68.2 Å². The molecule has 50 heavy (non-hydrogen) atoms. The van der Waals surface area contributed by atoms with E-state index in [2.05, 4.69) is 134 Å². The molecule has 3 unspecified atom stereocenters. The predicted octanol–water partition coefficient (Wildman–Crippen LogP) is 12.9. The van der Waals surface area contributed by atoms with Gasteiger partial charge in [0, 0.05) is 30.8 Å². The first kappa shape index (κ1) is 33.8. The SMILES string of the molecule is COc1c(C)cc(P(C2=C(c3c(C)sc4c5ccccc5p(-c5ccccc5)c34)C3(C)CCC2C3(C)C)c2cc(C)c(OC)c(C)c2)cc1C. The predicted molar refractivity (Wildman–Crippen MR) is 221 cm³/mol. The average Bonchev–Trinajstić information content (AvgIpc) is 3.70. The van der Waals surface area contributed by atoms with Gasteiger partial charge in [-0.05, 0) is 152 Å². The zero-order chi connectivity index (χ0) is 35.3. The van der Waals surface area contributed by atoms with Crippen molar-refractivity contribution in [3.05, 3.63) is 117 Å². The van der Waals surface area contributed by atoms with Gasteiger partial charge >= 0.3 is 0 Å². The Morgan fingerprint density at radius 2 is 1.28 bits per heavy atom. The lowest BCUT2D eigenvalue weighted by atomic mass is 9.66. The standard InChI is InChI=1S/C45H48O2P2S/c1-26-22-32(23-27(2)39(26)46-9)48(33-24-28(3)40(47-10)29(4)25-33)41-35-20-21-45(8,44(35,6)7)38(41)37-30(5)50-43-34-18-14-15-19-36(34)49(42(37)43)31-16-12-11-13-17-31/h11-19,22-25,35H,20-21H2,1-10H3. The summed E-state index contributed by atoms with van der Waals surface area (Å²) >= 11 is 2.04. The summed E-state index contributed by atoms with van der Waals surface area (Å²) in [5.41, 5.74) is 8.27. The highest BCUT2D eigenvalue weighted by Crippen LogP contribution is 2.77. The van der Waals surface area contributed by atoms with Crippen LogP contribution in [0.4, 0.5) is 0 Å². The molecule has 4 aromatic carbocycles. The molecule has 5 heteroatoms. The Morgan fingerprint density at radius 3 is 1.84 bits per heavy atom. The average molecular weight is 715 g/mol. The first-order valence-electron chi connectivity index (χ1n) is 17.9. The van der Waals surface area contributed by atoms with Crippen molar-refractivity contribution in [1.82, 2.24) is 0 Å². The molecule has 0 radical (unpaired) electrons. The van der Waals surface area contributed by atoms with Gasteiger partial charge in [-0.2, -0.15) is 0 Å². The van der Waals surface area contributed by atoms with Crippen molar-refractivity contribution in [3.63, 3.8) is 0 Å². The highest BCUT2D eigenvalue weighted by atomic mass is 32.1. The monoisotopic (exact) mass is 714 g/mol. The van der Waals surface area contributed by atoms with Crippen molar-refractivity contribution in [2.24, 2.45) is 16.7 Å². The number of rotatable bonds is 7. The van der Waals surface area contributed by atoms with Crippen molar-refractivity contribution >= 4 is 63.3 Å². The third-order valence-corrected chi connectivity index (χ3v) is 18.8. The minimum atomic E-state index is -0.866. The molecular weight excluding hydrogens is 667 g/mol. The van der Waals surface area contributed by atoms with Gasteiger partial charge in [0.05, 0.1) is 14.2 Å². The molecular formula is C45H48O2P2S. The first-order valence-corrected chi connectivity index (χ1v) is 21.4. The fourth-order valence-corrected chi connectivity index (χ4v) is 17.7. The number of fused-ring (bicyclic) bond motifs is 5. The number of ether oxygens (including phenoxy) is 2. The second-order valence-corrected chi connectivity index (χ2v) is 20.9. The van der Waals surface area contributed by atoms with Crippen LogP contribution in [0.5, 0.6) is 11.5 Å². The van der Waals surface area contributed by atoms with Gasteiger partial charge in [0.25, 0.3) is 0 Å². The molecule has 0 aliphatic heterocycles. The number of benzene rings is 4. The summed E-state index contributed by atoms with van der Waals surface area (Å²) in [5.74, 6) is 2.50. The van der Waals surface area contributed by atoms with Gasteiger partial charge in [0.1, 0.15) is 11.5 Å². The molecule has 0 amide bonds. The molecule has 2 aliphatic rings. The van der Waals surface area contributed by atoms with Gasteiger partial charge in [-0.3, -0.25) is 0 Å². The smallest absolute Gasteiger partial charge is 0.124 e. The van der Waals surface area contributed by atoms with Crippen molar-refractivity contribution in [3.8, 4) is 16.8 Å². The Hall–Kier alpha value is -3.35. The highest BCUT2D eigenvalue weighted by Gasteiger charge is 2.62. The van der Waals surface area contributed by atoms with Crippen LogP contribution in [-0.4, -0.2) is 14.2 Å². The number of methoxy groups -OCH3 is 2. The summed E-state index contributed by atoms with van der Waals surface area (Å²) < 4.78 is 13.3. The zero-order valence-electron chi connectivity index (χ0n) is 31.1. The van der Waals surface area contributed by atoms with E-state index in [1.807, 2.05) is 11.3 Å². The lowest BCUT2D eigenvalue weighted by Gasteiger charge is -2.37. The van der Waals surface area contributed by atoms with E-state index in [0.717, 1.165) is 11.5 Å². The van der Waals surface area contributed by atoms with Gasteiger partial charge in [-0.15, -0.1) is 11.3 Å². The minimum Gasteiger partial charge on any atom is -0.496 e. The number of aryl methyl sites for hydroxylation is 5. The Balaban J connectivity index is 1.53. The van der Waals surface area contributed by atoms with Crippen LogP contribution in [0.25, 0.3) is 31.2 Å². The highest BCUT2D eigenvalue weighted by molar-refractivity contribution is 7.77. The fraction of sp³-hybridized carbons (Fsp3) is 0.333. The molecule has 2 aromatic heterocycles. The van der Waals surface area contributed by atoms with Crippen LogP contribution in [0.3, 0.4) is 0 Å². The van der Waals surface area contributed by atoms with Gasteiger partial charge < -0.3 is 9.47 Å². The first-order chi connectivity index (χ1) is 23.9. The largest absolute Gasteiger partial charge is 0.496 e. The summed E-state index contributed by atoms with van der Waals surface area (Å²) in [6.45, 7) is 19.1. The third kappa shape index (κ3) is 4.69. The molecule has 1 saturated carbocycles. The topological polar surface area (TPSA) is 18.5 Å². The quantitative estimate of drug-likeness (QED) is 0.153. The number of thiophene rings is 1. The maximum atomic E-state index is 5.92. The Bertz CT molecular complexity index is 2250. The molecule has 8 rings (SSSR count). The zero-order valence-corrected chi connectivity index (χ0v) is 33.7. The van der Waals surface area contributed by atoms with Gasteiger partial charge in [0.2, 0.25) is 0 Å². The Morgan fingerprint density at radius 1 is 0.740 bits per heavy atom. The summed E-state index contributed by atoms with van der Waals surface area (Å²) in [7, 11) is 2.06. The Kier molecular flexibility index (Phi) is 8.19. The van der Waals surface area contributed by atoms with E-state index < -0.39 is 15.5 Å². The third-order valence-electron chi connectivity index (χ3n) is 12.4. The Labute approximate surface area is 304 Å². The van der Waals surface area contributed by atoms with Gasteiger partial charge in [-0.25, -0.2) is 0 Å². The molecule has 2 bridgehead atoms. The van der Waals surface area contributed by atoms with E-state index in [-0.39, 0.29) is 10.8 Å². The van der Waals surface area contributed by atoms with Crippen LogP contribution in [0, 0.1) is 51.4 Å². The molecule has 0 spiro atoms. The molecule has 2 aliphatic carbocycles. The molecule has 256 valence electrons. The van der Waals surface area contributed by atoms with E-state index in [1.165, 1.54) is 71.1 Å². The lowest BCUT2D eigenvalue weighted by molar-refractivity contribution is 0.189. The summed E-state index contributed by atoms with van der Waals surface area (Å²) in [6.07, 6.45) is 2.47. The fourth-order valence-electron chi connectivity index (χ4n) is 9.79. The van der Waals surface area contributed by atoms with Crippen LogP contribution in [0.15, 0.2) is 84.2 Å². The summed E-state index contributed by atoms with van der Waals surface area (Å²) in [5, 5.41) is 10.6. The van der Waals surface area contributed by atoms with Crippen molar-refractivity contribution in [1.29, 1.82) is 0 Å². The lowest BCUT2D eigenvalue weighted by Crippen LogP contribution is -2.29. The minimum absolute atomic E-state index is 0.0623. The summed E-state index contributed by atoms with van der Waals surface area (Å²) in [6, 6.07) is 30.4. The molecule has 6 aromatic rings. The van der Waals surface area contributed by atoms with E-state index in [4.69, 9.17) is 9.47 Å². The second kappa shape index (κ2) is 12.1. The van der Waals surface area contributed by atoms with Gasteiger partial charge in [-0.1, -0.05) is 76.8 Å². The van der Waals surface area contributed by atoms with Gasteiger partial charge in [0.15, 0.2) is 0 Å². The normalized spacial score (nSPS) is 20.1. The molecule has 3 atom stereocenters. The van der Waals surface area contributed by atoms with Crippen LogP contribution in [-0.2, 0) is 0 Å². The van der Waals surface area contributed by atoms with Crippen molar-refractivity contribution < 1.29 is 9.47 Å². The molecule has 0 N–H and O–H groups in total. The molecule has 2 nitrogen and oxygen atoms in total. The maximum absolute atomic E-state index is 5.92. The molecule has 2 heterocycles. The van der Waals surface area contributed by atoms with Crippen LogP contribution in [0.2, 0.25) is 0 Å². The van der Waals surface area contributed by atoms with E-state index >= 15 is 0 Å². The number of hydrogen-bond donors (Lipinski definition) is 0. The molecule has 1 fully saturated rings. The van der Waals surface area contributed by atoms with Crippen LogP contribution >= 0.6 is 26.8 Å². The summed E-state index contributed by atoms with van der Waals surface area (Å²) in [4.78, 5) is 1.48. The van der Waals surface area contributed by atoms with E-state index in [0.29, 0.717) is 5.92 Å². The maximum Gasteiger partial charge on any atom is 0.124 e. The number of hydrogen-bond acceptors (Lipinski definition) is 3. The van der Waals surface area contributed by atoms with Crippen molar-refractivity contribution in [2.75, 3.05) is 14.2 Å². The van der Waals surface area contributed by atoms with E-state index in [9.17, 15) is 0 Å². The molecule has 0 saturated heterocycles. The van der Waals surface area contributed by atoms with Crippen LogP contribution < -0.4 is 20.1 Å². The second-order valence-electron chi connectivity index (χ2n) is 15.4.